The molecule has 2 aliphatic heterocycles. The van der Waals surface area contributed by atoms with Crippen LogP contribution in [-0.4, -0.2) is 41.6 Å². The Balaban J connectivity index is 1.73. The number of ether oxygens (including phenoxy) is 1. The Hall–Kier alpha value is -1.55. The predicted octanol–water partition coefficient (Wildman–Crippen LogP) is 3.05. The van der Waals surface area contributed by atoms with Crippen molar-refractivity contribution in [2.45, 2.75) is 63.3 Å². The van der Waals surface area contributed by atoms with E-state index in [2.05, 4.69) is 10.2 Å². The number of hydrogen-bond donors (Lipinski definition) is 1. The van der Waals surface area contributed by atoms with Gasteiger partial charge in [-0.15, -0.1) is 0 Å². The molecular formula is C18H26N2O2. The number of benzene rings is 1. The van der Waals surface area contributed by atoms with Crippen molar-refractivity contribution in [1.29, 1.82) is 0 Å². The van der Waals surface area contributed by atoms with E-state index < -0.39 is 5.54 Å². The lowest BCUT2D eigenvalue weighted by atomic mass is 9.95. The molecule has 2 saturated heterocycles. The molecule has 2 aliphatic rings. The van der Waals surface area contributed by atoms with Crippen LogP contribution >= 0.6 is 0 Å². The van der Waals surface area contributed by atoms with Gasteiger partial charge in [-0.1, -0.05) is 18.2 Å². The van der Waals surface area contributed by atoms with Crippen LogP contribution in [0.4, 0.5) is 5.69 Å². The molecule has 4 nitrogen and oxygen atoms in total. The molecule has 0 aliphatic carbocycles. The highest BCUT2D eigenvalue weighted by Gasteiger charge is 2.47. The maximum Gasteiger partial charge on any atom is 0.248 e. The SMILES string of the molecule is COC1C[C@H]2CC[C@@H](C1)N2C(=O)C(C)(C)Nc1ccccc1. The first-order chi connectivity index (χ1) is 10.5. The minimum absolute atomic E-state index is 0.207. The number of rotatable bonds is 4. The van der Waals surface area contributed by atoms with Gasteiger partial charge in [-0.2, -0.15) is 0 Å². The number of para-hydroxylation sites is 1. The summed E-state index contributed by atoms with van der Waals surface area (Å²) in [5.41, 5.74) is 0.391. The molecule has 0 aromatic heterocycles. The van der Waals surface area contributed by atoms with Crippen LogP contribution in [0.25, 0.3) is 0 Å². The van der Waals surface area contributed by atoms with E-state index in [0.717, 1.165) is 31.4 Å². The number of carbonyl (C=O) groups is 1. The van der Waals surface area contributed by atoms with Gasteiger partial charge in [0.1, 0.15) is 5.54 Å². The Morgan fingerprint density at radius 1 is 1.18 bits per heavy atom. The van der Waals surface area contributed by atoms with Gasteiger partial charge >= 0.3 is 0 Å². The van der Waals surface area contributed by atoms with Gasteiger partial charge in [0.2, 0.25) is 5.91 Å². The summed E-state index contributed by atoms with van der Waals surface area (Å²) in [7, 11) is 1.78. The Morgan fingerprint density at radius 3 is 2.32 bits per heavy atom. The molecule has 2 heterocycles. The standard InChI is InChI=1S/C18H26N2O2/c1-18(2,19-13-7-5-4-6-8-13)17(21)20-14-9-10-15(20)12-16(11-14)22-3/h4-8,14-16,19H,9-12H2,1-3H3/t14-,15+,16?. The quantitative estimate of drug-likeness (QED) is 0.929. The van der Waals surface area contributed by atoms with Crippen molar-refractivity contribution in [1.82, 2.24) is 4.90 Å². The van der Waals surface area contributed by atoms with Crippen LogP contribution in [0.2, 0.25) is 0 Å². The van der Waals surface area contributed by atoms with E-state index in [0.29, 0.717) is 18.2 Å². The number of piperidine rings is 1. The Morgan fingerprint density at radius 2 is 1.77 bits per heavy atom. The van der Waals surface area contributed by atoms with Crippen LogP contribution in [0.1, 0.15) is 39.5 Å². The maximum absolute atomic E-state index is 13.1. The zero-order valence-electron chi connectivity index (χ0n) is 13.7. The van der Waals surface area contributed by atoms with Crippen LogP contribution < -0.4 is 5.32 Å². The molecule has 22 heavy (non-hydrogen) atoms. The lowest BCUT2D eigenvalue weighted by Crippen LogP contribution is -2.57. The van der Waals surface area contributed by atoms with Gasteiger partial charge in [0.15, 0.2) is 0 Å². The normalized spacial score (nSPS) is 27.8. The number of fused-ring (bicyclic) bond motifs is 2. The highest BCUT2D eigenvalue weighted by atomic mass is 16.5. The minimum Gasteiger partial charge on any atom is -0.381 e. The highest BCUT2D eigenvalue weighted by molar-refractivity contribution is 5.89. The monoisotopic (exact) mass is 302 g/mol. The summed E-state index contributed by atoms with van der Waals surface area (Å²) >= 11 is 0. The second kappa shape index (κ2) is 5.92. The van der Waals surface area contributed by atoms with E-state index in [-0.39, 0.29) is 5.91 Å². The van der Waals surface area contributed by atoms with Gasteiger partial charge in [-0.25, -0.2) is 0 Å². The summed E-state index contributed by atoms with van der Waals surface area (Å²) in [6, 6.07) is 10.6. The average Bonchev–Trinajstić information content (AvgIpc) is 2.76. The number of hydrogen-bond acceptors (Lipinski definition) is 3. The van der Waals surface area contributed by atoms with Gasteiger partial charge in [0.05, 0.1) is 6.10 Å². The fourth-order valence-corrected chi connectivity index (χ4v) is 3.91. The largest absolute Gasteiger partial charge is 0.381 e. The summed E-state index contributed by atoms with van der Waals surface area (Å²) in [6.45, 7) is 3.95. The molecule has 1 aromatic carbocycles. The van der Waals surface area contributed by atoms with Crippen molar-refractivity contribution < 1.29 is 9.53 Å². The third-order valence-corrected chi connectivity index (χ3v) is 5.02. The molecule has 1 N–H and O–H groups in total. The smallest absolute Gasteiger partial charge is 0.248 e. The molecule has 120 valence electrons. The Labute approximate surface area is 132 Å². The third kappa shape index (κ3) is 2.84. The molecule has 1 aromatic rings. The third-order valence-electron chi connectivity index (χ3n) is 5.02. The molecule has 0 saturated carbocycles. The van der Waals surface area contributed by atoms with Crippen molar-refractivity contribution in [2.75, 3.05) is 12.4 Å². The van der Waals surface area contributed by atoms with E-state index in [1.165, 1.54) is 0 Å². The van der Waals surface area contributed by atoms with Gasteiger partial charge in [-0.05, 0) is 51.7 Å². The van der Waals surface area contributed by atoms with Gasteiger partial charge < -0.3 is 15.0 Å². The van der Waals surface area contributed by atoms with Crippen LogP contribution in [-0.2, 0) is 9.53 Å². The molecular weight excluding hydrogens is 276 g/mol. The Bertz CT molecular complexity index is 515. The predicted molar refractivity (Wildman–Crippen MR) is 87.8 cm³/mol. The van der Waals surface area contributed by atoms with E-state index in [9.17, 15) is 4.79 Å². The fraction of sp³-hybridized carbons (Fsp3) is 0.611. The molecule has 3 atom stereocenters. The van der Waals surface area contributed by atoms with E-state index in [1.54, 1.807) is 7.11 Å². The van der Waals surface area contributed by atoms with E-state index in [4.69, 9.17) is 4.74 Å². The second-order valence-corrected chi connectivity index (χ2v) is 7.04. The first kappa shape index (κ1) is 15.3. The number of carbonyl (C=O) groups excluding carboxylic acids is 1. The summed E-state index contributed by atoms with van der Waals surface area (Å²) in [4.78, 5) is 15.2. The van der Waals surface area contributed by atoms with Gasteiger partial charge in [0, 0.05) is 24.9 Å². The average molecular weight is 302 g/mol. The van der Waals surface area contributed by atoms with Crippen molar-refractivity contribution in [2.24, 2.45) is 0 Å². The first-order valence-electron chi connectivity index (χ1n) is 8.20. The van der Waals surface area contributed by atoms with Gasteiger partial charge in [0.25, 0.3) is 0 Å². The Kier molecular flexibility index (Phi) is 4.13. The first-order valence-corrected chi connectivity index (χ1v) is 8.20. The molecule has 0 radical (unpaired) electrons. The number of anilines is 1. The van der Waals surface area contributed by atoms with Crippen molar-refractivity contribution in [3.63, 3.8) is 0 Å². The minimum atomic E-state index is -0.595. The second-order valence-electron chi connectivity index (χ2n) is 7.04. The number of methoxy groups -OCH3 is 1. The van der Waals surface area contributed by atoms with Crippen LogP contribution in [0.3, 0.4) is 0 Å². The fourth-order valence-electron chi connectivity index (χ4n) is 3.91. The number of amides is 1. The zero-order valence-corrected chi connectivity index (χ0v) is 13.7. The maximum atomic E-state index is 13.1. The van der Waals surface area contributed by atoms with E-state index in [1.807, 2.05) is 44.2 Å². The number of nitrogens with zero attached hydrogens (tertiary/aromatic N) is 1. The molecule has 2 fully saturated rings. The number of nitrogens with one attached hydrogen (secondary N) is 1. The van der Waals surface area contributed by atoms with Crippen molar-refractivity contribution in [3.8, 4) is 0 Å². The van der Waals surface area contributed by atoms with Crippen molar-refractivity contribution >= 4 is 11.6 Å². The molecule has 1 unspecified atom stereocenters. The lowest BCUT2D eigenvalue weighted by Gasteiger charge is -2.42. The van der Waals surface area contributed by atoms with Crippen molar-refractivity contribution in [3.05, 3.63) is 30.3 Å². The summed E-state index contributed by atoms with van der Waals surface area (Å²) in [5.74, 6) is 0.207. The van der Waals surface area contributed by atoms with Crippen LogP contribution in [0.15, 0.2) is 30.3 Å². The summed E-state index contributed by atoms with van der Waals surface area (Å²) < 4.78 is 5.53. The topological polar surface area (TPSA) is 41.6 Å². The molecule has 2 bridgehead atoms. The van der Waals surface area contributed by atoms with E-state index >= 15 is 0 Å². The van der Waals surface area contributed by atoms with Gasteiger partial charge in [-0.3, -0.25) is 4.79 Å². The molecule has 0 spiro atoms. The van der Waals surface area contributed by atoms with Crippen LogP contribution in [0.5, 0.6) is 0 Å². The summed E-state index contributed by atoms with van der Waals surface area (Å²) in [5, 5.41) is 3.39. The molecule has 4 heteroatoms. The molecule has 3 rings (SSSR count). The molecule has 1 amide bonds. The zero-order chi connectivity index (χ0) is 15.7. The highest BCUT2D eigenvalue weighted by Crippen LogP contribution is 2.38. The van der Waals surface area contributed by atoms with Crippen LogP contribution in [0, 0.1) is 0 Å². The lowest BCUT2D eigenvalue weighted by molar-refractivity contribution is -0.141. The summed E-state index contributed by atoms with van der Waals surface area (Å²) in [6.07, 6.45) is 4.47.